The number of rotatable bonds is 6. The summed E-state index contributed by atoms with van der Waals surface area (Å²) >= 11 is 12.1. The maximum atomic E-state index is 12.7. The van der Waals surface area contributed by atoms with Crippen LogP contribution in [0.3, 0.4) is 0 Å². The molecule has 4 nitrogen and oxygen atoms in total. The van der Waals surface area contributed by atoms with Gasteiger partial charge in [0.1, 0.15) is 0 Å². The quantitative estimate of drug-likeness (QED) is 0.577. The van der Waals surface area contributed by atoms with Crippen molar-refractivity contribution in [3.05, 3.63) is 82.3 Å². The summed E-state index contributed by atoms with van der Waals surface area (Å²) in [7, 11) is -1.85. The highest BCUT2D eigenvalue weighted by Crippen LogP contribution is 2.31. The molecule has 3 aromatic carbocycles. The Morgan fingerprint density at radius 1 is 0.926 bits per heavy atom. The Morgan fingerprint density at radius 2 is 1.67 bits per heavy atom. The van der Waals surface area contributed by atoms with Crippen molar-refractivity contribution in [1.82, 2.24) is 5.32 Å². The molecule has 0 saturated heterocycles. The van der Waals surface area contributed by atoms with Gasteiger partial charge in [0.2, 0.25) is 0 Å². The molecule has 2 N–H and O–H groups in total. The molecule has 0 aliphatic heterocycles. The molecule has 27 heavy (non-hydrogen) atoms. The van der Waals surface area contributed by atoms with E-state index in [9.17, 15) is 8.42 Å². The van der Waals surface area contributed by atoms with Gasteiger partial charge in [0.15, 0.2) is 0 Å². The number of sulfonamides is 1. The average molecular weight is 421 g/mol. The van der Waals surface area contributed by atoms with E-state index >= 15 is 0 Å². The molecule has 0 spiro atoms. The van der Waals surface area contributed by atoms with Crippen LogP contribution in [-0.4, -0.2) is 15.5 Å². The Bertz CT molecular complexity index is 1050. The van der Waals surface area contributed by atoms with Gasteiger partial charge in [-0.25, -0.2) is 8.42 Å². The molecule has 3 rings (SSSR count). The molecular formula is C20H18Cl2N2O2S. The first kappa shape index (κ1) is 19.7. The van der Waals surface area contributed by atoms with Crippen molar-refractivity contribution in [2.24, 2.45) is 0 Å². The van der Waals surface area contributed by atoms with Crippen LogP contribution in [0.4, 0.5) is 5.69 Å². The Balaban J connectivity index is 1.84. The van der Waals surface area contributed by atoms with Gasteiger partial charge in [-0.1, -0.05) is 53.5 Å². The summed E-state index contributed by atoms with van der Waals surface area (Å²) in [5, 5.41) is 4.10. The predicted octanol–water partition coefficient (Wildman–Crippen LogP) is 5.18. The lowest BCUT2D eigenvalue weighted by Gasteiger charge is -2.11. The molecule has 0 bridgehead atoms. The van der Waals surface area contributed by atoms with E-state index in [4.69, 9.17) is 23.2 Å². The zero-order valence-electron chi connectivity index (χ0n) is 14.5. The molecule has 0 atom stereocenters. The molecular weight excluding hydrogens is 403 g/mol. The number of halogens is 2. The average Bonchev–Trinajstić information content (AvgIpc) is 2.62. The fraction of sp³-hybridized carbons (Fsp3) is 0.100. The smallest absolute Gasteiger partial charge is 0.261 e. The zero-order chi connectivity index (χ0) is 19.4. The van der Waals surface area contributed by atoms with E-state index in [1.54, 1.807) is 54.6 Å². The largest absolute Gasteiger partial charge is 0.316 e. The standard InChI is InChI=1S/C20H18Cl2N2O2S/c1-23-13-14-3-2-4-17(11-14)24-27(25,26)18-8-5-15(6-9-18)19-10-7-16(21)12-20(19)22/h2-12,23-24H,13H2,1H3. The molecule has 3 aromatic rings. The number of nitrogens with one attached hydrogen (secondary N) is 2. The Kier molecular flexibility index (Phi) is 6.07. The molecule has 140 valence electrons. The lowest BCUT2D eigenvalue weighted by atomic mass is 10.1. The second-order valence-electron chi connectivity index (χ2n) is 5.98. The highest BCUT2D eigenvalue weighted by molar-refractivity contribution is 7.92. The third kappa shape index (κ3) is 4.82. The first-order valence-corrected chi connectivity index (χ1v) is 10.4. The summed E-state index contributed by atoms with van der Waals surface area (Å²) in [4.78, 5) is 0.176. The maximum absolute atomic E-state index is 12.7. The molecule has 0 radical (unpaired) electrons. The van der Waals surface area contributed by atoms with Gasteiger partial charge in [0.05, 0.1) is 4.90 Å². The maximum Gasteiger partial charge on any atom is 0.261 e. The minimum absolute atomic E-state index is 0.176. The van der Waals surface area contributed by atoms with Crippen molar-refractivity contribution in [1.29, 1.82) is 0 Å². The van der Waals surface area contributed by atoms with Crippen LogP contribution in [-0.2, 0) is 16.6 Å². The van der Waals surface area contributed by atoms with Crippen molar-refractivity contribution < 1.29 is 8.42 Å². The third-order valence-electron chi connectivity index (χ3n) is 3.97. The summed E-state index contributed by atoms with van der Waals surface area (Å²) < 4.78 is 27.9. The Hall–Kier alpha value is -2.05. The molecule has 0 heterocycles. The van der Waals surface area contributed by atoms with E-state index < -0.39 is 10.0 Å². The highest BCUT2D eigenvalue weighted by Gasteiger charge is 2.15. The molecule has 7 heteroatoms. The number of hydrogen-bond acceptors (Lipinski definition) is 3. The Morgan fingerprint density at radius 3 is 2.33 bits per heavy atom. The van der Waals surface area contributed by atoms with E-state index in [2.05, 4.69) is 10.0 Å². The van der Waals surface area contributed by atoms with Crippen LogP contribution < -0.4 is 10.0 Å². The second kappa shape index (κ2) is 8.31. The molecule has 0 saturated carbocycles. The van der Waals surface area contributed by atoms with Crippen molar-refractivity contribution in [2.45, 2.75) is 11.4 Å². The highest BCUT2D eigenvalue weighted by atomic mass is 35.5. The second-order valence-corrected chi connectivity index (χ2v) is 8.51. The number of benzene rings is 3. The van der Waals surface area contributed by atoms with Gasteiger partial charge in [0, 0.05) is 27.8 Å². The summed E-state index contributed by atoms with van der Waals surface area (Å²) in [6.45, 7) is 0.659. The van der Waals surface area contributed by atoms with Crippen LogP contribution in [0, 0.1) is 0 Å². The van der Waals surface area contributed by atoms with E-state index in [1.807, 2.05) is 19.2 Å². The number of hydrogen-bond donors (Lipinski definition) is 2. The summed E-state index contributed by atoms with van der Waals surface area (Å²) in [5.74, 6) is 0. The lowest BCUT2D eigenvalue weighted by molar-refractivity contribution is 0.601. The third-order valence-corrected chi connectivity index (χ3v) is 5.91. The lowest BCUT2D eigenvalue weighted by Crippen LogP contribution is -2.13. The predicted molar refractivity (Wildman–Crippen MR) is 112 cm³/mol. The molecule has 0 aliphatic rings. The van der Waals surface area contributed by atoms with Gasteiger partial charge in [-0.3, -0.25) is 4.72 Å². The van der Waals surface area contributed by atoms with Crippen molar-refractivity contribution in [3.63, 3.8) is 0 Å². The van der Waals surface area contributed by atoms with Crippen LogP contribution in [0.25, 0.3) is 11.1 Å². The molecule has 0 amide bonds. The van der Waals surface area contributed by atoms with Crippen LogP contribution in [0.5, 0.6) is 0 Å². The first-order valence-electron chi connectivity index (χ1n) is 8.21. The van der Waals surface area contributed by atoms with E-state index in [1.165, 1.54) is 0 Å². The van der Waals surface area contributed by atoms with Crippen molar-refractivity contribution >= 4 is 38.9 Å². The monoisotopic (exact) mass is 420 g/mol. The SMILES string of the molecule is CNCc1cccc(NS(=O)(=O)c2ccc(-c3ccc(Cl)cc3Cl)cc2)c1. The molecule has 0 fully saturated rings. The molecule has 0 aromatic heterocycles. The number of anilines is 1. The normalized spacial score (nSPS) is 11.4. The van der Waals surface area contributed by atoms with Crippen LogP contribution in [0.1, 0.15) is 5.56 Å². The fourth-order valence-electron chi connectivity index (χ4n) is 2.70. The zero-order valence-corrected chi connectivity index (χ0v) is 16.9. The Labute approximate surface area is 169 Å². The molecule has 0 unspecified atom stereocenters. The van der Waals surface area contributed by atoms with Gasteiger partial charge in [-0.15, -0.1) is 0 Å². The van der Waals surface area contributed by atoms with Gasteiger partial charge in [-0.05, 0) is 54.6 Å². The summed E-state index contributed by atoms with van der Waals surface area (Å²) in [6.07, 6.45) is 0. The van der Waals surface area contributed by atoms with Crippen LogP contribution in [0.2, 0.25) is 10.0 Å². The minimum Gasteiger partial charge on any atom is -0.316 e. The van der Waals surface area contributed by atoms with E-state index in [0.717, 1.165) is 16.7 Å². The van der Waals surface area contributed by atoms with Gasteiger partial charge < -0.3 is 5.32 Å². The fourth-order valence-corrected chi connectivity index (χ4v) is 4.27. The first-order chi connectivity index (χ1) is 12.9. The summed E-state index contributed by atoms with van der Waals surface area (Å²) in [6, 6.07) is 19.0. The van der Waals surface area contributed by atoms with E-state index in [-0.39, 0.29) is 4.90 Å². The topological polar surface area (TPSA) is 58.2 Å². The molecule has 0 aliphatic carbocycles. The van der Waals surface area contributed by atoms with Gasteiger partial charge in [-0.2, -0.15) is 0 Å². The van der Waals surface area contributed by atoms with Crippen molar-refractivity contribution in [2.75, 3.05) is 11.8 Å². The minimum atomic E-state index is -3.69. The van der Waals surface area contributed by atoms with E-state index in [0.29, 0.717) is 22.3 Å². The van der Waals surface area contributed by atoms with Crippen LogP contribution in [0.15, 0.2) is 71.6 Å². The van der Waals surface area contributed by atoms with Gasteiger partial charge in [0.25, 0.3) is 10.0 Å². The van der Waals surface area contributed by atoms with Gasteiger partial charge >= 0.3 is 0 Å². The van der Waals surface area contributed by atoms with Crippen molar-refractivity contribution in [3.8, 4) is 11.1 Å². The summed E-state index contributed by atoms with van der Waals surface area (Å²) in [5.41, 5.74) is 3.11. The van der Waals surface area contributed by atoms with Crippen LogP contribution >= 0.6 is 23.2 Å².